The molecule has 0 aromatic carbocycles. The molecule has 1 saturated carbocycles. The van der Waals surface area contributed by atoms with Crippen molar-refractivity contribution < 1.29 is 9.84 Å². The summed E-state index contributed by atoms with van der Waals surface area (Å²) in [6.45, 7) is 4.86. The number of nitrogens with zero attached hydrogens (tertiary/aromatic N) is 1. The summed E-state index contributed by atoms with van der Waals surface area (Å²) in [6, 6.07) is 0.668. The molecular weight excluding hydrogens is 214 g/mol. The molecular formula is C14H25NO2. The molecule has 0 radical (unpaired) electrons. The van der Waals surface area contributed by atoms with Crippen molar-refractivity contribution >= 4 is 0 Å². The van der Waals surface area contributed by atoms with Crippen LogP contribution in [0.25, 0.3) is 0 Å². The Bertz CT molecular complexity index is 282. The van der Waals surface area contributed by atoms with E-state index < -0.39 is 0 Å². The van der Waals surface area contributed by atoms with Gasteiger partial charge in [-0.1, -0.05) is 13.3 Å². The summed E-state index contributed by atoms with van der Waals surface area (Å²) in [4.78, 5) is 2.48. The molecule has 0 amide bonds. The maximum atomic E-state index is 10.2. The van der Waals surface area contributed by atoms with E-state index in [4.69, 9.17) is 4.74 Å². The Balaban J connectivity index is 1.53. The van der Waals surface area contributed by atoms with Crippen molar-refractivity contribution in [3.63, 3.8) is 0 Å². The van der Waals surface area contributed by atoms with Crippen molar-refractivity contribution in [1.29, 1.82) is 0 Å². The topological polar surface area (TPSA) is 32.7 Å². The van der Waals surface area contributed by atoms with Crippen LogP contribution >= 0.6 is 0 Å². The number of β-amino-alcohol motifs (C(OH)–C–C–N with tert-alkyl or cyclic N) is 1. The van der Waals surface area contributed by atoms with Gasteiger partial charge in [-0.3, -0.25) is 4.90 Å². The zero-order chi connectivity index (χ0) is 11.9. The minimum atomic E-state index is -0.375. The minimum Gasteiger partial charge on any atom is -0.387 e. The number of likely N-dealkylation sites (tertiary alicyclic amines) is 1. The Kier molecular flexibility index (Phi) is 2.96. The smallest absolute Gasteiger partial charge is 0.0900 e. The van der Waals surface area contributed by atoms with Crippen LogP contribution in [-0.4, -0.2) is 46.9 Å². The average Bonchev–Trinajstić information content (AvgIpc) is 2.24. The lowest BCUT2D eigenvalue weighted by molar-refractivity contribution is -0.182. The fourth-order valence-corrected chi connectivity index (χ4v) is 3.82. The van der Waals surface area contributed by atoms with Crippen molar-refractivity contribution in [2.24, 2.45) is 0 Å². The Labute approximate surface area is 104 Å². The zero-order valence-electron chi connectivity index (χ0n) is 11.0. The van der Waals surface area contributed by atoms with Gasteiger partial charge in [-0.25, -0.2) is 0 Å². The van der Waals surface area contributed by atoms with Crippen LogP contribution < -0.4 is 0 Å². The van der Waals surface area contributed by atoms with Crippen LogP contribution in [0.1, 0.15) is 51.9 Å². The molecule has 2 saturated heterocycles. The third-order valence-electron chi connectivity index (χ3n) is 4.96. The van der Waals surface area contributed by atoms with Gasteiger partial charge in [0.25, 0.3) is 0 Å². The Morgan fingerprint density at radius 3 is 2.71 bits per heavy atom. The van der Waals surface area contributed by atoms with Crippen molar-refractivity contribution in [2.75, 3.05) is 19.7 Å². The summed E-state index contributed by atoms with van der Waals surface area (Å²) >= 11 is 0. The van der Waals surface area contributed by atoms with Gasteiger partial charge in [-0.2, -0.15) is 0 Å². The fraction of sp³-hybridized carbons (Fsp3) is 1.00. The standard InChI is InChI=1S/C14H25NO2/c1-2-5-13(16)10-15(11-13)12-4-8-17-14(9-12)6-3-7-14/h12,16H,2-11H2,1H3. The predicted octanol–water partition coefficient (Wildman–Crippen LogP) is 1.93. The highest BCUT2D eigenvalue weighted by Crippen LogP contribution is 2.44. The first-order chi connectivity index (χ1) is 8.15. The van der Waals surface area contributed by atoms with Gasteiger partial charge in [0.05, 0.1) is 11.2 Å². The molecule has 1 atom stereocenters. The molecule has 0 aromatic heterocycles. The predicted molar refractivity (Wildman–Crippen MR) is 67.0 cm³/mol. The van der Waals surface area contributed by atoms with Gasteiger partial charge in [-0.15, -0.1) is 0 Å². The molecule has 1 spiro atoms. The van der Waals surface area contributed by atoms with Gasteiger partial charge in [0.1, 0.15) is 0 Å². The highest BCUT2D eigenvalue weighted by Gasteiger charge is 2.49. The third kappa shape index (κ3) is 2.13. The fourth-order valence-electron chi connectivity index (χ4n) is 3.82. The second-order valence-electron chi connectivity index (χ2n) is 6.41. The number of ether oxygens (including phenoxy) is 1. The minimum absolute atomic E-state index is 0.237. The summed E-state index contributed by atoms with van der Waals surface area (Å²) < 4.78 is 5.96. The largest absolute Gasteiger partial charge is 0.387 e. The lowest BCUT2D eigenvalue weighted by Crippen LogP contribution is -2.66. The Morgan fingerprint density at radius 1 is 1.35 bits per heavy atom. The molecule has 3 aliphatic rings. The normalized spacial score (nSPS) is 35.3. The molecule has 0 bridgehead atoms. The van der Waals surface area contributed by atoms with E-state index in [0.29, 0.717) is 6.04 Å². The molecule has 2 heterocycles. The first-order valence-electron chi connectivity index (χ1n) is 7.25. The second kappa shape index (κ2) is 4.22. The van der Waals surface area contributed by atoms with Gasteiger partial charge >= 0.3 is 0 Å². The van der Waals surface area contributed by atoms with Crippen LogP contribution in [-0.2, 0) is 4.74 Å². The van der Waals surface area contributed by atoms with Gasteiger partial charge < -0.3 is 9.84 Å². The molecule has 3 fully saturated rings. The Morgan fingerprint density at radius 2 is 2.12 bits per heavy atom. The molecule has 3 nitrogen and oxygen atoms in total. The number of rotatable bonds is 3. The molecule has 3 rings (SSSR count). The van der Waals surface area contributed by atoms with E-state index in [1.807, 2.05) is 0 Å². The highest BCUT2D eigenvalue weighted by molar-refractivity contribution is 5.03. The molecule has 1 N–H and O–H groups in total. The molecule has 3 heteroatoms. The van der Waals surface area contributed by atoms with E-state index in [9.17, 15) is 5.11 Å². The van der Waals surface area contributed by atoms with E-state index in [1.54, 1.807) is 0 Å². The molecule has 1 aliphatic carbocycles. The van der Waals surface area contributed by atoms with Crippen molar-refractivity contribution in [2.45, 2.75) is 69.1 Å². The van der Waals surface area contributed by atoms with E-state index in [-0.39, 0.29) is 11.2 Å². The van der Waals surface area contributed by atoms with Gasteiger partial charge in [-0.05, 0) is 38.5 Å². The van der Waals surface area contributed by atoms with Crippen molar-refractivity contribution in [3.05, 3.63) is 0 Å². The summed E-state index contributed by atoms with van der Waals surface area (Å²) in [5, 5.41) is 10.2. The van der Waals surface area contributed by atoms with Crippen LogP contribution in [0.15, 0.2) is 0 Å². The quantitative estimate of drug-likeness (QED) is 0.817. The average molecular weight is 239 g/mol. The number of hydrogen-bond acceptors (Lipinski definition) is 3. The van der Waals surface area contributed by atoms with Gasteiger partial charge in [0.15, 0.2) is 0 Å². The maximum Gasteiger partial charge on any atom is 0.0900 e. The van der Waals surface area contributed by atoms with Gasteiger partial charge in [0, 0.05) is 25.7 Å². The monoisotopic (exact) mass is 239 g/mol. The summed E-state index contributed by atoms with van der Waals surface area (Å²) in [6.07, 6.45) is 8.26. The van der Waals surface area contributed by atoms with Crippen molar-refractivity contribution in [1.82, 2.24) is 4.90 Å². The first kappa shape index (κ1) is 11.9. The molecule has 98 valence electrons. The van der Waals surface area contributed by atoms with E-state index in [1.165, 1.54) is 25.7 Å². The van der Waals surface area contributed by atoms with Crippen LogP contribution in [0.5, 0.6) is 0 Å². The van der Waals surface area contributed by atoms with Crippen LogP contribution in [0, 0.1) is 0 Å². The van der Waals surface area contributed by atoms with E-state index in [2.05, 4.69) is 11.8 Å². The molecule has 2 aliphatic heterocycles. The first-order valence-corrected chi connectivity index (χ1v) is 7.25. The molecule has 17 heavy (non-hydrogen) atoms. The lowest BCUT2D eigenvalue weighted by atomic mass is 9.72. The van der Waals surface area contributed by atoms with Crippen LogP contribution in [0.3, 0.4) is 0 Å². The zero-order valence-corrected chi connectivity index (χ0v) is 11.0. The highest BCUT2D eigenvalue weighted by atomic mass is 16.5. The summed E-state index contributed by atoms with van der Waals surface area (Å²) in [5.41, 5.74) is -0.138. The molecule has 1 unspecified atom stereocenters. The third-order valence-corrected chi connectivity index (χ3v) is 4.96. The van der Waals surface area contributed by atoms with Gasteiger partial charge in [0.2, 0.25) is 0 Å². The van der Waals surface area contributed by atoms with E-state index >= 15 is 0 Å². The summed E-state index contributed by atoms with van der Waals surface area (Å²) in [5.74, 6) is 0. The number of aliphatic hydroxyl groups is 1. The van der Waals surface area contributed by atoms with Crippen LogP contribution in [0.4, 0.5) is 0 Å². The molecule has 0 aromatic rings. The SMILES string of the molecule is CCCC1(O)CN(C2CCOC3(CCC3)C2)C1. The maximum absolute atomic E-state index is 10.2. The summed E-state index contributed by atoms with van der Waals surface area (Å²) in [7, 11) is 0. The second-order valence-corrected chi connectivity index (χ2v) is 6.41. The van der Waals surface area contributed by atoms with E-state index in [0.717, 1.165) is 39.0 Å². The van der Waals surface area contributed by atoms with Crippen LogP contribution in [0.2, 0.25) is 0 Å². The lowest BCUT2D eigenvalue weighted by Gasteiger charge is -2.55. The number of hydrogen-bond donors (Lipinski definition) is 1. The Hall–Kier alpha value is -0.120. The van der Waals surface area contributed by atoms with Crippen molar-refractivity contribution in [3.8, 4) is 0 Å².